The number of benzene rings is 2. The molecule has 1 aliphatic heterocycles. The molecule has 0 spiro atoms. The Hall–Kier alpha value is -2.57. The average Bonchev–Trinajstić information content (AvgIpc) is 3.05. The van der Waals surface area contributed by atoms with Gasteiger partial charge in [-0.2, -0.15) is 0 Å². The number of anilines is 2. The van der Waals surface area contributed by atoms with Crippen molar-refractivity contribution in [2.24, 2.45) is 5.92 Å². The van der Waals surface area contributed by atoms with Gasteiger partial charge < -0.3 is 15.0 Å². The van der Waals surface area contributed by atoms with E-state index in [1.54, 1.807) is 42.5 Å². The van der Waals surface area contributed by atoms with E-state index < -0.39 is 24.4 Å². The molecule has 1 atom stereocenters. The number of hydrogen-bond acceptors (Lipinski definition) is 4. The number of carbonyl (C=O) groups is 3. The van der Waals surface area contributed by atoms with Gasteiger partial charge >= 0.3 is 5.97 Å². The number of rotatable bonds is 5. The van der Waals surface area contributed by atoms with Gasteiger partial charge in [0.25, 0.3) is 5.91 Å². The summed E-state index contributed by atoms with van der Waals surface area (Å²) in [6, 6.07) is 12.0. The molecule has 1 saturated heterocycles. The molecule has 146 valence electrons. The van der Waals surface area contributed by atoms with Crippen molar-refractivity contribution in [2.45, 2.75) is 13.3 Å². The van der Waals surface area contributed by atoms with Crippen LogP contribution in [-0.2, 0) is 19.1 Å². The van der Waals surface area contributed by atoms with Gasteiger partial charge in [-0.15, -0.1) is 0 Å². The Labute approximate surface area is 172 Å². The van der Waals surface area contributed by atoms with Gasteiger partial charge in [0.1, 0.15) is 0 Å². The van der Waals surface area contributed by atoms with Crippen LogP contribution in [0.1, 0.15) is 12.0 Å². The fourth-order valence-electron chi connectivity index (χ4n) is 2.88. The van der Waals surface area contributed by atoms with Crippen LogP contribution in [0.25, 0.3) is 0 Å². The lowest BCUT2D eigenvalue weighted by Gasteiger charge is -2.16. The van der Waals surface area contributed by atoms with E-state index in [4.69, 9.17) is 27.9 Å². The molecule has 0 aromatic heterocycles. The van der Waals surface area contributed by atoms with Crippen molar-refractivity contribution in [1.29, 1.82) is 0 Å². The highest BCUT2D eigenvalue weighted by Gasteiger charge is 2.36. The molecule has 28 heavy (non-hydrogen) atoms. The van der Waals surface area contributed by atoms with Crippen LogP contribution in [0.4, 0.5) is 11.4 Å². The number of hydrogen-bond donors (Lipinski definition) is 1. The normalized spacial score (nSPS) is 16.2. The molecule has 1 N–H and O–H groups in total. The van der Waals surface area contributed by atoms with Crippen LogP contribution in [0, 0.1) is 12.8 Å². The van der Waals surface area contributed by atoms with Gasteiger partial charge in [-0.25, -0.2) is 0 Å². The van der Waals surface area contributed by atoms with Crippen molar-refractivity contribution in [3.05, 3.63) is 58.1 Å². The van der Waals surface area contributed by atoms with E-state index in [9.17, 15) is 14.4 Å². The molecule has 1 heterocycles. The summed E-state index contributed by atoms with van der Waals surface area (Å²) in [6.07, 6.45) is 0.0283. The summed E-state index contributed by atoms with van der Waals surface area (Å²) in [7, 11) is 0. The molecule has 3 rings (SSSR count). The van der Waals surface area contributed by atoms with E-state index in [1.165, 1.54) is 4.90 Å². The zero-order valence-corrected chi connectivity index (χ0v) is 16.6. The number of ether oxygens (including phenoxy) is 1. The number of amides is 2. The van der Waals surface area contributed by atoms with Gasteiger partial charge in [0, 0.05) is 34.4 Å². The van der Waals surface area contributed by atoms with Crippen molar-refractivity contribution < 1.29 is 19.1 Å². The van der Waals surface area contributed by atoms with E-state index >= 15 is 0 Å². The maximum atomic E-state index is 12.3. The molecule has 2 aromatic rings. The molecule has 1 fully saturated rings. The van der Waals surface area contributed by atoms with Gasteiger partial charge in [-0.1, -0.05) is 35.3 Å². The van der Waals surface area contributed by atoms with Gasteiger partial charge in [-0.05, 0) is 42.8 Å². The average molecular weight is 421 g/mol. The highest BCUT2D eigenvalue weighted by Crippen LogP contribution is 2.27. The third kappa shape index (κ3) is 4.82. The fourth-order valence-corrected chi connectivity index (χ4v) is 3.25. The van der Waals surface area contributed by atoms with Crippen LogP contribution in [0.5, 0.6) is 0 Å². The first-order valence-electron chi connectivity index (χ1n) is 8.62. The second kappa shape index (κ2) is 8.63. The van der Waals surface area contributed by atoms with Crippen LogP contribution >= 0.6 is 23.2 Å². The lowest BCUT2D eigenvalue weighted by atomic mass is 10.1. The van der Waals surface area contributed by atoms with Crippen molar-refractivity contribution in [3.63, 3.8) is 0 Å². The summed E-state index contributed by atoms with van der Waals surface area (Å²) in [6.45, 7) is 1.60. The topological polar surface area (TPSA) is 75.7 Å². The van der Waals surface area contributed by atoms with E-state index in [2.05, 4.69) is 5.32 Å². The van der Waals surface area contributed by atoms with Crippen molar-refractivity contribution in [3.8, 4) is 0 Å². The second-order valence-corrected chi connectivity index (χ2v) is 7.35. The number of aryl methyl sites for hydroxylation is 1. The number of nitrogens with one attached hydrogen (secondary N) is 1. The van der Waals surface area contributed by atoms with E-state index in [-0.39, 0.29) is 18.9 Å². The van der Waals surface area contributed by atoms with Crippen molar-refractivity contribution in [2.75, 3.05) is 23.4 Å². The first-order chi connectivity index (χ1) is 13.3. The summed E-state index contributed by atoms with van der Waals surface area (Å²) in [5.41, 5.74) is 2.03. The highest BCUT2D eigenvalue weighted by molar-refractivity contribution is 6.31. The molecule has 0 radical (unpaired) electrons. The van der Waals surface area contributed by atoms with Crippen LogP contribution in [-0.4, -0.2) is 30.9 Å². The van der Waals surface area contributed by atoms with Gasteiger partial charge in [-0.3, -0.25) is 14.4 Å². The first-order valence-corrected chi connectivity index (χ1v) is 9.37. The molecule has 0 saturated carbocycles. The number of nitrogens with zero attached hydrogens (tertiary/aromatic N) is 1. The third-order valence-electron chi connectivity index (χ3n) is 4.38. The molecule has 0 aliphatic carbocycles. The zero-order valence-electron chi connectivity index (χ0n) is 15.1. The van der Waals surface area contributed by atoms with Crippen LogP contribution in [0.15, 0.2) is 42.5 Å². The lowest BCUT2D eigenvalue weighted by Crippen LogP contribution is -2.28. The zero-order chi connectivity index (χ0) is 20.3. The summed E-state index contributed by atoms with van der Waals surface area (Å²) in [5.74, 6) is -1.89. The van der Waals surface area contributed by atoms with Crippen molar-refractivity contribution >= 4 is 52.4 Å². The van der Waals surface area contributed by atoms with E-state index in [1.807, 2.05) is 6.92 Å². The standard InChI is InChI=1S/C20H18Cl2N2O4/c1-12-5-6-15(9-17(12)22)23-18(25)11-28-20(27)13-7-19(26)24(10-13)16-4-2-3-14(21)8-16/h2-6,8-9,13H,7,10-11H2,1H3,(H,23,25). The van der Waals surface area contributed by atoms with Crippen molar-refractivity contribution in [1.82, 2.24) is 0 Å². The first kappa shape index (κ1) is 20.2. The van der Waals surface area contributed by atoms with Gasteiger partial charge in [0.15, 0.2) is 6.61 Å². The predicted molar refractivity (Wildman–Crippen MR) is 108 cm³/mol. The minimum Gasteiger partial charge on any atom is -0.455 e. The van der Waals surface area contributed by atoms with E-state index in [0.717, 1.165) is 5.56 Å². The molecule has 8 heteroatoms. The maximum Gasteiger partial charge on any atom is 0.311 e. The summed E-state index contributed by atoms with van der Waals surface area (Å²) in [5, 5.41) is 3.64. The van der Waals surface area contributed by atoms with Gasteiger partial charge in [0.2, 0.25) is 5.91 Å². The van der Waals surface area contributed by atoms with Crippen LogP contribution in [0.3, 0.4) is 0 Å². The second-order valence-electron chi connectivity index (χ2n) is 6.51. The predicted octanol–water partition coefficient (Wildman–Crippen LogP) is 3.84. The Morgan fingerprint density at radius 2 is 2.00 bits per heavy atom. The quantitative estimate of drug-likeness (QED) is 0.745. The summed E-state index contributed by atoms with van der Waals surface area (Å²) in [4.78, 5) is 38.0. The number of halogens is 2. The Kier molecular flexibility index (Phi) is 6.21. The Balaban J connectivity index is 1.53. The largest absolute Gasteiger partial charge is 0.455 e. The Bertz CT molecular complexity index is 932. The molecule has 2 aromatic carbocycles. The number of carbonyl (C=O) groups excluding carboxylic acids is 3. The molecule has 1 unspecified atom stereocenters. The summed E-state index contributed by atoms with van der Waals surface area (Å²) >= 11 is 12.0. The lowest BCUT2D eigenvalue weighted by molar-refractivity contribution is -0.151. The summed E-state index contributed by atoms with van der Waals surface area (Å²) < 4.78 is 5.08. The fraction of sp³-hybridized carbons (Fsp3) is 0.250. The van der Waals surface area contributed by atoms with Gasteiger partial charge in [0.05, 0.1) is 5.92 Å². The Morgan fingerprint density at radius 3 is 2.71 bits per heavy atom. The molecule has 2 amide bonds. The van der Waals surface area contributed by atoms with Crippen LogP contribution < -0.4 is 10.2 Å². The molecule has 6 nitrogen and oxygen atoms in total. The third-order valence-corrected chi connectivity index (χ3v) is 5.02. The van der Waals surface area contributed by atoms with E-state index in [0.29, 0.717) is 21.4 Å². The molecule has 0 bridgehead atoms. The van der Waals surface area contributed by atoms with Crippen LogP contribution in [0.2, 0.25) is 10.0 Å². The molecular weight excluding hydrogens is 403 g/mol. The molecular formula is C20H18Cl2N2O4. The molecule has 1 aliphatic rings. The Morgan fingerprint density at radius 1 is 1.21 bits per heavy atom. The smallest absolute Gasteiger partial charge is 0.311 e. The SMILES string of the molecule is Cc1ccc(NC(=O)COC(=O)C2CC(=O)N(c3cccc(Cl)c3)C2)cc1Cl. The minimum atomic E-state index is -0.631. The maximum absolute atomic E-state index is 12.3. The highest BCUT2D eigenvalue weighted by atomic mass is 35.5. The minimum absolute atomic E-state index is 0.0283. The monoisotopic (exact) mass is 420 g/mol. The number of esters is 1.